The monoisotopic (exact) mass is 419 g/mol. The van der Waals surface area contributed by atoms with Crippen LogP contribution >= 0.6 is 11.3 Å². The number of thiophene rings is 1. The van der Waals surface area contributed by atoms with Gasteiger partial charge in [-0.3, -0.25) is 0 Å². The van der Waals surface area contributed by atoms with Crippen LogP contribution in [0.3, 0.4) is 0 Å². The molecule has 2 heterocycles. The number of rotatable bonds is 4. The molecule has 30 heavy (non-hydrogen) atoms. The van der Waals surface area contributed by atoms with E-state index in [-0.39, 0.29) is 5.75 Å². The first-order chi connectivity index (χ1) is 14.6. The summed E-state index contributed by atoms with van der Waals surface area (Å²) in [6.07, 6.45) is 1.24. The van der Waals surface area contributed by atoms with E-state index in [2.05, 4.69) is 53.7 Å². The molecule has 0 saturated carbocycles. The number of likely N-dealkylation sites (tertiary alicyclic amines) is 1. The number of aromatic hydroxyl groups is 1. The predicted octanol–water partition coefficient (Wildman–Crippen LogP) is 6.07. The summed E-state index contributed by atoms with van der Waals surface area (Å²) in [7, 11) is 0. The minimum absolute atomic E-state index is 0.233. The van der Waals surface area contributed by atoms with Gasteiger partial charge in [-0.25, -0.2) is 4.99 Å². The van der Waals surface area contributed by atoms with Gasteiger partial charge in [0.05, 0.1) is 12.2 Å². The van der Waals surface area contributed by atoms with Crippen molar-refractivity contribution >= 4 is 23.0 Å². The quantitative estimate of drug-likeness (QED) is 0.307. The van der Waals surface area contributed by atoms with Crippen molar-refractivity contribution in [3.63, 3.8) is 0 Å². The summed E-state index contributed by atoms with van der Waals surface area (Å²) in [5, 5.41) is 16.1. The van der Waals surface area contributed by atoms with Gasteiger partial charge >= 0.3 is 0 Å². The lowest BCUT2D eigenvalue weighted by Crippen LogP contribution is -2.45. The van der Waals surface area contributed by atoms with Crippen molar-refractivity contribution < 1.29 is 5.11 Å². The number of benzene rings is 2. The van der Waals surface area contributed by atoms with Gasteiger partial charge in [0.15, 0.2) is 5.96 Å². The van der Waals surface area contributed by atoms with Gasteiger partial charge in [-0.1, -0.05) is 56.3 Å². The minimum atomic E-state index is 0.233. The predicted molar refractivity (Wildman–Crippen MR) is 127 cm³/mol. The van der Waals surface area contributed by atoms with E-state index >= 15 is 0 Å². The molecule has 0 bridgehead atoms. The molecule has 0 amide bonds. The van der Waals surface area contributed by atoms with Crippen molar-refractivity contribution in [3.05, 3.63) is 70.9 Å². The van der Waals surface area contributed by atoms with Crippen molar-refractivity contribution in [2.45, 2.75) is 26.8 Å². The van der Waals surface area contributed by atoms with Gasteiger partial charge in [-0.15, -0.1) is 11.3 Å². The van der Waals surface area contributed by atoms with Gasteiger partial charge in [0.2, 0.25) is 0 Å². The summed E-state index contributed by atoms with van der Waals surface area (Å²) in [5.74, 6) is 2.30. The first-order valence-electron chi connectivity index (χ1n) is 10.6. The Hall–Kier alpha value is -2.79. The van der Waals surface area contributed by atoms with Crippen LogP contribution in [0.5, 0.6) is 5.75 Å². The number of phenols is 1. The highest BCUT2D eigenvalue weighted by Gasteiger charge is 2.25. The Balaban J connectivity index is 1.63. The SMILES string of the molecule is CC1CC(C)CN(C(=NCc2cccs2)Nc2cc(-c3ccccc3)ccc2O)C1. The molecule has 156 valence electrons. The maximum atomic E-state index is 10.6. The molecule has 2 atom stereocenters. The van der Waals surface area contributed by atoms with Crippen LogP contribution in [0, 0.1) is 11.8 Å². The highest BCUT2D eigenvalue weighted by atomic mass is 32.1. The summed E-state index contributed by atoms with van der Waals surface area (Å²) >= 11 is 1.72. The zero-order valence-corrected chi connectivity index (χ0v) is 18.4. The van der Waals surface area contributed by atoms with Crippen LogP contribution < -0.4 is 5.32 Å². The van der Waals surface area contributed by atoms with Gasteiger partial charge in [0.1, 0.15) is 5.75 Å². The molecule has 1 aromatic heterocycles. The van der Waals surface area contributed by atoms with Crippen molar-refractivity contribution in [3.8, 4) is 16.9 Å². The van der Waals surface area contributed by atoms with Crippen LogP contribution in [-0.2, 0) is 6.54 Å². The smallest absolute Gasteiger partial charge is 0.198 e. The van der Waals surface area contributed by atoms with E-state index in [0.29, 0.717) is 24.1 Å². The van der Waals surface area contributed by atoms with Crippen molar-refractivity contribution in [1.29, 1.82) is 0 Å². The Bertz CT molecular complexity index is 975. The van der Waals surface area contributed by atoms with Crippen LogP contribution in [-0.4, -0.2) is 29.1 Å². The number of aliphatic imine (C=N–C) groups is 1. The summed E-state index contributed by atoms with van der Waals surface area (Å²) in [6.45, 7) is 7.18. The fraction of sp³-hybridized carbons (Fsp3) is 0.320. The maximum absolute atomic E-state index is 10.6. The van der Waals surface area contributed by atoms with Gasteiger partial charge in [-0.2, -0.15) is 0 Å². The summed E-state index contributed by atoms with van der Waals surface area (Å²) in [4.78, 5) is 8.49. The number of piperidine rings is 1. The summed E-state index contributed by atoms with van der Waals surface area (Å²) in [6, 6.07) is 20.1. The van der Waals surface area contributed by atoms with Crippen molar-refractivity contribution in [1.82, 2.24) is 4.90 Å². The van der Waals surface area contributed by atoms with Crippen molar-refractivity contribution in [2.24, 2.45) is 16.8 Å². The van der Waals surface area contributed by atoms with E-state index in [0.717, 1.165) is 30.2 Å². The normalized spacial score (nSPS) is 19.7. The molecular weight excluding hydrogens is 390 g/mol. The van der Waals surface area contributed by atoms with Crippen molar-refractivity contribution in [2.75, 3.05) is 18.4 Å². The summed E-state index contributed by atoms with van der Waals surface area (Å²) in [5.41, 5.74) is 2.87. The van der Waals surface area contributed by atoms with Gasteiger partial charge in [0.25, 0.3) is 0 Å². The largest absolute Gasteiger partial charge is 0.506 e. The first-order valence-corrected chi connectivity index (χ1v) is 11.4. The minimum Gasteiger partial charge on any atom is -0.506 e. The Morgan fingerprint density at radius 2 is 1.80 bits per heavy atom. The molecular formula is C25H29N3OS. The van der Waals surface area contributed by atoms with Crippen LogP contribution in [0.1, 0.15) is 25.1 Å². The average molecular weight is 420 g/mol. The number of nitrogens with zero attached hydrogens (tertiary/aromatic N) is 2. The zero-order valence-electron chi connectivity index (χ0n) is 17.6. The average Bonchev–Trinajstić information content (AvgIpc) is 3.26. The Morgan fingerprint density at radius 1 is 1.03 bits per heavy atom. The van der Waals surface area contributed by atoms with E-state index < -0.39 is 0 Å². The molecule has 3 aromatic rings. The molecule has 1 aliphatic heterocycles. The molecule has 4 rings (SSSR count). The van der Waals surface area contributed by atoms with E-state index in [1.165, 1.54) is 11.3 Å². The Morgan fingerprint density at radius 3 is 2.50 bits per heavy atom. The van der Waals surface area contributed by atoms with Crippen LogP contribution in [0.25, 0.3) is 11.1 Å². The number of hydrogen-bond donors (Lipinski definition) is 2. The third-order valence-corrected chi connectivity index (χ3v) is 6.34. The molecule has 5 heteroatoms. The lowest BCUT2D eigenvalue weighted by molar-refractivity contribution is 0.213. The van der Waals surface area contributed by atoms with Gasteiger partial charge in [-0.05, 0) is 53.0 Å². The lowest BCUT2D eigenvalue weighted by Gasteiger charge is -2.37. The first kappa shape index (κ1) is 20.5. The van der Waals surface area contributed by atoms with E-state index in [9.17, 15) is 5.11 Å². The molecule has 0 spiro atoms. The van der Waals surface area contributed by atoms with Gasteiger partial charge in [0, 0.05) is 18.0 Å². The Labute approximate surface area is 182 Å². The fourth-order valence-corrected chi connectivity index (χ4v) is 4.80. The lowest BCUT2D eigenvalue weighted by atomic mass is 9.92. The molecule has 2 unspecified atom stereocenters. The second-order valence-corrected chi connectivity index (χ2v) is 9.33. The number of hydrogen-bond acceptors (Lipinski definition) is 3. The third-order valence-electron chi connectivity index (χ3n) is 5.48. The fourth-order valence-electron chi connectivity index (χ4n) is 4.18. The maximum Gasteiger partial charge on any atom is 0.198 e. The molecule has 1 saturated heterocycles. The number of anilines is 1. The molecule has 2 aromatic carbocycles. The standard InChI is InChI=1S/C25H29N3OS/c1-18-13-19(2)17-28(16-18)25(26-15-22-9-6-12-30-22)27-23-14-21(10-11-24(23)29)20-7-4-3-5-8-20/h3-12,14,18-19,29H,13,15-17H2,1-2H3,(H,26,27). The van der Waals surface area contributed by atoms with E-state index in [4.69, 9.17) is 4.99 Å². The second kappa shape index (κ2) is 9.35. The molecule has 1 fully saturated rings. The van der Waals surface area contributed by atoms with E-state index in [1.807, 2.05) is 30.3 Å². The topological polar surface area (TPSA) is 47.9 Å². The van der Waals surface area contributed by atoms with E-state index in [1.54, 1.807) is 17.4 Å². The van der Waals surface area contributed by atoms with Crippen LogP contribution in [0.4, 0.5) is 5.69 Å². The van der Waals surface area contributed by atoms with Gasteiger partial charge < -0.3 is 15.3 Å². The highest BCUT2D eigenvalue weighted by molar-refractivity contribution is 7.09. The molecule has 4 nitrogen and oxygen atoms in total. The number of phenolic OH excluding ortho intramolecular Hbond substituents is 1. The number of guanidine groups is 1. The molecule has 0 aliphatic carbocycles. The van der Waals surface area contributed by atoms with Crippen LogP contribution in [0.2, 0.25) is 0 Å². The number of nitrogens with one attached hydrogen (secondary N) is 1. The van der Waals surface area contributed by atoms with Crippen LogP contribution in [0.15, 0.2) is 71.0 Å². The summed E-state index contributed by atoms with van der Waals surface area (Å²) < 4.78 is 0. The third kappa shape index (κ3) is 5.03. The molecule has 0 radical (unpaired) electrons. The second-order valence-electron chi connectivity index (χ2n) is 8.29. The Kier molecular flexibility index (Phi) is 6.38. The zero-order chi connectivity index (χ0) is 20.9. The molecule has 2 N–H and O–H groups in total. The highest BCUT2D eigenvalue weighted by Crippen LogP contribution is 2.31. The molecule has 1 aliphatic rings.